The average molecular weight is 424 g/mol. The van der Waals surface area contributed by atoms with Gasteiger partial charge in [-0.05, 0) is 48.6 Å². The SMILES string of the molecule is COc1ccc([C@H](NC(=O)N2CCC[C@H](c3nc4ccccc4s3)C2)C(C)C)cc1. The van der Waals surface area contributed by atoms with E-state index in [0.29, 0.717) is 5.92 Å². The fourth-order valence-electron chi connectivity index (χ4n) is 4.10. The lowest BCUT2D eigenvalue weighted by atomic mass is 9.95. The number of thiazole rings is 1. The van der Waals surface area contributed by atoms with Gasteiger partial charge in [0.05, 0.1) is 28.4 Å². The molecule has 6 heteroatoms. The van der Waals surface area contributed by atoms with Crippen molar-refractivity contribution < 1.29 is 9.53 Å². The van der Waals surface area contributed by atoms with Crippen LogP contribution in [0.4, 0.5) is 4.79 Å². The molecule has 0 aliphatic carbocycles. The number of carbonyl (C=O) groups is 1. The van der Waals surface area contributed by atoms with E-state index in [1.165, 1.54) is 4.70 Å². The van der Waals surface area contributed by atoms with Crippen LogP contribution in [0.2, 0.25) is 0 Å². The molecular weight excluding hydrogens is 394 g/mol. The zero-order valence-corrected chi connectivity index (χ0v) is 18.6. The molecule has 158 valence electrons. The Bertz CT molecular complexity index is 966. The van der Waals surface area contributed by atoms with Gasteiger partial charge in [0, 0.05) is 19.0 Å². The first-order valence-corrected chi connectivity index (χ1v) is 11.4. The van der Waals surface area contributed by atoms with Crippen LogP contribution in [0.15, 0.2) is 48.5 Å². The molecule has 5 nitrogen and oxygen atoms in total. The smallest absolute Gasteiger partial charge is 0.317 e. The monoisotopic (exact) mass is 423 g/mol. The molecule has 2 aromatic carbocycles. The van der Waals surface area contributed by atoms with Gasteiger partial charge in [0.25, 0.3) is 0 Å². The van der Waals surface area contributed by atoms with E-state index in [4.69, 9.17) is 9.72 Å². The van der Waals surface area contributed by atoms with Gasteiger partial charge in [-0.15, -0.1) is 11.3 Å². The van der Waals surface area contributed by atoms with Gasteiger partial charge in [0.2, 0.25) is 0 Å². The van der Waals surface area contributed by atoms with Crippen LogP contribution in [-0.2, 0) is 0 Å². The number of amides is 2. The number of carbonyl (C=O) groups excluding carboxylic acids is 1. The summed E-state index contributed by atoms with van der Waals surface area (Å²) in [4.78, 5) is 19.9. The largest absolute Gasteiger partial charge is 0.497 e. The molecule has 1 aliphatic rings. The van der Waals surface area contributed by atoms with E-state index < -0.39 is 0 Å². The Balaban J connectivity index is 1.46. The average Bonchev–Trinajstić information content (AvgIpc) is 3.22. The Hall–Kier alpha value is -2.60. The Kier molecular flexibility index (Phi) is 6.23. The highest BCUT2D eigenvalue weighted by Gasteiger charge is 2.29. The molecule has 1 aliphatic heterocycles. The highest BCUT2D eigenvalue weighted by Crippen LogP contribution is 2.33. The molecule has 4 rings (SSSR count). The van der Waals surface area contributed by atoms with Crippen molar-refractivity contribution in [1.29, 1.82) is 0 Å². The second-order valence-electron chi connectivity index (χ2n) is 8.25. The number of nitrogens with zero attached hydrogens (tertiary/aromatic N) is 2. The summed E-state index contributed by atoms with van der Waals surface area (Å²) < 4.78 is 6.48. The molecule has 1 saturated heterocycles. The van der Waals surface area contributed by atoms with E-state index in [9.17, 15) is 4.79 Å². The second-order valence-corrected chi connectivity index (χ2v) is 9.31. The summed E-state index contributed by atoms with van der Waals surface area (Å²) in [6.07, 6.45) is 2.08. The zero-order chi connectivity index (χ0) is 21.1. The van der Waals surface area contributed by atoms with Crippen molar-refractivity contribution in [2.45, 2.75) is 38.6 Å². The van der Waals surface area contributed by atoms with Crippen LogP contribution in [0.5, 0.6) is 5.75 Å². The number of rotatable bonds is 5. The lowest BCUT2D eigenvalue weighted by Crippen LogP contribution is -2.46. The Morgan fingerprint density at radius 2 is 1.97 bits per heavy atom. The number of benzene rings is 2. The van der Waals surface area contributed by atoms with Gasteiger partial charge in [-0.1, -0.05) is 38.1 Å². The summed E-state index contributed by atoms with van der Waals surface area (Å²) in [6.45, 7) is 5.78. The number of piperidine rings is 1. The molecule has 3 aromatic rings. The number of ether oxygens (including phenoxy) is 1. The van der Waals surface area contributed by atoms with Crippen molar-refractivity contribution >= 4 is 27.6 Å². The van der Waals surface area contributed by atoms with Crippen LogP contribution < -0.4 is 10.1 Å². The van der Waals surface area contributed by atoms with Crippen molar-refractivity contribution in [2.75, 3.05) is 20.2 Å². The van der Waals surface area contributed by atoms with Crippen LogP contribution in [0, 0.1) is 5.92 Å². The fourth-order valence-corrected chi connectivity index (χ4v) is 5.19. The predicted octanol–water partition coefficient (Wildman–Crippen LogP) is 5.59. The van der Waals surface area contributed by atoms with Crippen molar-refractivity contribution in [3.8, 4) is 5.75 Å². The third-order valence-electron chi connectivity index (χ3n) is 5.79. The highest BCUT2D eigenvalue weighted by molar-refractivity contribution is 7.18. The third-order valence-corrected chi connectivity index (χ3v) is 6.99. The minimum atomic E-state index is -0.0359. The number of likely N-dealkylation sites (tertiary alicyclic amines) is 1. The van der Waals surface area contributed by atoms with Gasteiger partial charge in [0.15, 0.2) is 0 Å². The zero-order valence-electron chi connectivity index (χ0n) is 17.8. The number of aromatic nitrogens is 1. The molecule has 0 spiro atoms. The maximum absolute atomic E-state index is 13.1. The number of hydrogen-bond donors (Lipinski definition) is 1. The van der Waals surface area contributed by atoms with Crippen molar-refractivity contribution in [3.63, 3.8) is 0 Å². The predicted molar refractivity (Wildman–Crippen MR) is 122 cm³/mol. The van der Waals surface area contributed by atoms with E-state index in [1.54, 1.807) is 18.4 Å². The molecule has 30 heavy (non-hydrogen) atoms. The molecule has 2 amide bonds. The Morgan fingerprint density at radius 1 is 1.20 bits per heavy atom. The van der Waals surface area contributed by atoms with Crippen LogP contribution >= 0.6 is 11.3 Å². The number of nitrogens with one attached hydrogen (secondary N) is 1. The summed E-state index contributed by atoms with van der Waals surface area (Å²) in [5, 5.41) is 4.41. The van der Waals surface area contributed by atoms with Gasteiger partial charge in [-0.3, -0.25) is 0 Å². The molecular formula is C24H29N3O2S. The van der Waals surface area contributed by atoms with E-state index in [-0.39, 0.29) is 18.0 Å². The number of hydrogen-bond acceptors (Lipinski definition) is 4. The number of urea groups is 1. The molecule has 1 fully saturated rings. The summed E-state index contributed by atoms with van der Waals surface area (Å²) >= 11 is 1.76. The van der Waals surface area contributed by atoms with Crippen LogP contribution in [0.1, 0.15) is 49.2 Å². The maximum atomic E-state index is 13.1. The molecule has 0 saturated carbocycles. The fraction of sp³-hybridized carbons (Fsp3) is 0.417. The number of fused-ring (bicyclic) bond motifs is 1. The molecule has 1 N–H and O–H groups in total. The molecule has 0 radical (unpaired) electrons. The van der Waals surface area contributed by atoms with Crippen molar-refractivity contribution in [1.82, 2.24) is 15.2 Å². The normalized spacial score (nSPS) is 17.9. The summed E-state index contributed by atoms with van der Waals surface area (Å²) in [7, 11) is 1.66. The molecule has 0 bridgehead atoms. The Labute approximate surface area is 182 Å². The lowest BCUT2D eigenvalue weighted by molar-refractivity contribution is 0.172. The standard InChI is InChI=1S/C24H29N3O2S/c1-16(2)22(17-10-12-19(29-3)13-11-17)26-24(28)27-14-6-7-18(15-27)23-25-20-8-4-5-9-21(20)30-23/h4-5,8-13,16,18,22H,6-7,14-15H2,1-3H3,(H,26,28)/t18-,22+/m0/s1. The van der Waals surface area contributed by atoms with Gasteiger partial charge >= 0.3 is 6.03 Å². The molecule has 2 atom stereocenters. The van der Waals surface area contributed by atoms with Gasteiger partial charge < -0.3 is 15.0 Å². The first kappa shape index (κ1) is 20.7. The summed E-state index contributed by atoms with van der Waals surface area (Å²) in [6, 6.07) is 16.2. The second kappa shape index (κ2) is 9.04. The molecule has 2 heterocycles. The minimum Gasteiger partial charge on any atom is -0.497 e. The van der Waals surface area contributed by atoms with Crippen molar-refractivity contribution in [2.24, 2.45) is 5.92 Å². The van der Waals surface area contributed by atoms with E-state index in [0.717, 1.165) is 47.8 Å². The summed E-state index contributed by atoms with van der Waals surface area (Å²) in [5.41, 5.74) is 2.15. The van der Waals surface area contributed by atoms with Gasteiger partial charge in [0.1, 0.15) is 5.75 Å². The van der Waals surface area contributed by atoms with Crippen molar-refractivity contribution in [3.05, 3.63) is 59.1 Å². The number of methoxy groups -OCH3 is 1. The van der Waals surface area contributed by atoms with E-state index >= 15 is 0 Å². The van der Waals surface area contributed by atoms with Gasteiger partial charge in [-0.2, -0.15) is 0 Å². The number of para-hydroxylation sites is 1. The maximum Gasteiger partial charge on any atom is 0.317 e. The lowest BCUT2D eigenvalue weighted by Gasteiger charge is -2.34. The van der Waals surface area contributed by atoms with Gasteiger partial charge in [-0.25, -0.2) is 9.78 Å². The summed E-state index contributed by atoms with van der Waals surface area (Å²) in [5.74, 6) is 1.41. The first-order chi connectivity index (χ1) is 14.5. The first-order valence-electron chi connectivity index (χ1n) is 10.6. The van der Waals surface area contributed by atoms with E-state index in [2.05, 4.69) is 37.4 Å². The third kappa shape index (κ3) is 4.43. The Morgan fingerprint density at radius 3 is 2.67 bits per heavy atom. The molecule has 0 unspecified atom stereocenters. The topological polar surface area (TPSA) is 54.5 Å². The highest BCUT2D eigenvalue weighted by atomic mass is 32.1. The minimum absolute atomic E-state index is 0.00956. The van der Waals surface area contributed by atoms with Crippen LogP contribution in [0.3, 0.4) is 0 Å². The van der Waals surface area contributed by atoms with Crippen LogP contribution in [0.25, 0.3) is 10.2 Å². The van der Waals surface area contributed by atoms with E-state index in [1.807, 2.05) is 35.2 Å². The quantitative estimate of drug-likeness (QED) is 0.582. The van der Waals surface area contributed by atoms with Crippen LogP contribution in [-0.4, -0.2) is 36.1 Å². The molecule has 1 aromatic heterocycles.